The first-order chi connectivity index (χ1) is 6.88. The summed E-state index contributed by atoms with van der Waals surface area (Å²) in [6.45, 7) is 2.22. The van der Waals surface area contributed by atoms with Crippen LogP contribution in [0.3, 0.4) is 0 Å². The molecular formula is C13H23N. The Morgan fingerprint density at radius 2 is 1.93 bits per heavy atom. The highest BCUT2D eigenvalue weighted by atomic mass is 14.3. The second kappa shape index (κ2) is 6.87. The van der Waals surface area contributed by atoms with E-state index in [-0.39, 0.29) is 0 Å². The Bertz CT molecular complexity index is 174. The van der Waals surface area contributed by atoms with Crippen molar-refractivity contribution in [2.45, 2.75) is 64.7 Å². The van der Waals surface area contributed by atoms with Crippen molar-refractivity contribution in [2.75, 3.05) is 0 Å². The van der Waals surface area contributed by atoms with Gasteiger partial charge in [0.25, 0.3) is 0 Å². The average molecular weight is 193 g/mol. The van der Waals surface area contributed by atoms with Gasteiger partial charge in [0.1, 0.15) is 0 Å². The minimum absolute atomic E-state index is 0.363. The molecule has 0 aromatic rings. The fourth-order valence-corrected chi connectivity index (χ4v) is 2.56. The number of nitrogens with zero attached hydrogens (tertiary/aromatic N) is 1. The molecule has 0 heterocycles. The Hall–Kier alpha value is -0.510. The van der Waals surface area contributed by atoms with Gasteiger partial charge in [0.2, 0.25) is 0 Å². The summed E-state index contributed by atoms with van der Waals surface area (Å²) in [5.74, 6) is 1.09. The van der Waals surface area contributed by atoms with E-state index in [9.17, 15) is 0 Å². The van der Waals surface area contributed by atoms with E-state index in [2.05, 4.69) is 13.0 Å². The summed E-state index contributed by atoms with van der Waals surface area (Å²) in [7, 11) is 0. The maximum Gasteiger partial charge on any atom is 0.0658 e. The number of unbranched alkanes of at least 4 members (excludes halogenated alkanes) is 2. The minimum atomic E-state index is 0.363. The highest BCUT2D eigenvalue weighted by Gasteiger charge is 2.22. The fraction of sp³-hybridized carbons (Fsp3) is 0.923. The van der Waals surface area contributed by atoms with Gasteiger partial charge in [0.05, 0.1) is 6.07 Å². The topological polar surface area (TPSA) is 23.8 Å². The number of hydrogen-bond acceptors (Lipinski definition) is 1. The van der Waals surface area contributed by atoms with Gasteiger partial charge in [-0.25, -0.2) is 0 Å². The molecule has 1 heteroatoms. The maximum absolute atomic E-state index is 9.13. The Morgan fingerprint density at radius 1 is 1.21 bits per heavy atom. The molecule has 0 aliphatic heterocycles. The Labute approximate surface area is 88.5 Å². The molecule has 1 aliphatic rings. The summed E-state index contributed by atoms with van der Waals surface area (Å²) in [6, 6.07) is 2.53. The molecule has 0 aromatic heterocycles. The lowest BCUT2D eigenvalue weighted by Gasteiger charge is -2.25. The second-order valence-corrected chi connectivity index (χ2v) is 4.63. The average Bonchev–Trinajstić information content (AvgIpc) is 2.26. The van der Waals surface area contributed by atoms with E-state index in [1.54, 1.807) is 0 Å². The van der Waals surface area contributed by atoms with Crippen molar-refractivity contribution in [2.24, 2.45) is 11.8 Å². The zero-order valence-electron chi connectivity index (χ0n) is 9.47. The van der Waals surface area contributed by atoms with Crippen molar-refractivity contribution >= 4 is 0 Å². The van der Waals surface area contributed by atoms with E-state index >= 15 is 0 Å². The molecule has 14 heavy (non-hydrogen) atoms. The van der Waals surface area contributed by atoms with Crippen molar-refractivity contribution < 1.29 is 0 Å². The molecule has 1 unspecified atom stereocenters. The van der Waals surface area contributed by atoms with Gasteiger partial charge in [0, 0.05) is 5.92 Å². The lowest BCUT2D eigenvalue weighted by molar-refractivity contribution is 0.276. The molecule has 0 amide bonds. The Kier molecular flexibility index (Phi) is 5.68. The van der Waals surface area contributed by atoms with Crippen LogP contribution in [0.4, 0.5) is 0 Å². The van der Waals surface area contributed by atoms with Gasteiger partial charge >= 0.3 is 0 Å². The zero-order valence-corrected chi connectivity index (χ0v) is 9.47. The van der Waals surface area contributed by atoms with Gasteiger partial charge in [0.15, 0.2) is 0 Å². The van der Waals surface area contributed by atoms with Crippen LogP contribution in [0.15, 0.2) is 0 Å². The van der Waals surface area contributed by atoms with E-state index in [0.29, 0.717) is 5.92 Å². The monoisotopic (exact) mass is 193 g/mol. The number of rotatable bonds is 5. The molecule has 1 aliphatic carbocycles. The van der Waals surface area contributed by atoms with Crippen molar-refractivity contribution in [1.82, 2.24) is 0 Å². The quantitative estimate of drug-likeness (QED) is 0.598. The van der Waals surface area contributed by atoms with Gasteiger partial charge in [-0.15, -0.1) is 0 Å². The molecule has 1 saturated carbocycles. The number of hydrogen-bond donors (Lipinski definition) is 0. The first-order valence-corrected chi connectivity index (χ1v) is 6.28. The summed E-state index contributed by atoms with van der Waals surface area (Å²) in [5.41, 5.74) is 0. The predicted molar refractivity (Wildman–Crippen MR) is 59.8 cm³/mol. The smallest absolute Gasteiger partial charge is 0.0658 e. The summed E-state index contributed by atoms with van der Waals surface area (Å²) in [6.07, 6.45) is 11.7. The van der Waals surface area contributed by atoms with E-state index in [0.717, 1.165) is 12.3 Å². The van der Waals surface area contributed by atoms with Gasteiger partial charge in [-0.05, 0) is 25.2 Å². The summed E-state index contributed by atoms with van der Waals surface area (Å²) < 4.78 is 0. The molecule has 0 N–H and O–H groups in total. The summed E-state index contributed by atoms with van der Waals surface area (Å²) in [4.78, 5) is 0. The van der Waals surface area contributed by atoms with E-state index in [1.165, 1.54) is 51.4 Å². The molecule has 1 fully saturated rings. The van der Waals surface area contributed by atoms with E-state index < -0.39 is 0 Å². The van der Waals surface area contributed by atoms with Gasteiger partial charge in [-0.3, -0.25) is 0 Å². The van der Waals surface area contributed by atoms with Crippen LogP contribution < -0.4 is 0 Å². The molecule has 1 nitrogen and oxygen atoms in total. The van der Waals surface area contributed by atoms with E-state index in [4.69, 9.17) is 5.26 Å². The van der Waals surface area contributed by atoms with Crippen molar-refractivity contribution in [3.8, 4) is 6.07 Å². The highest BCUT2D eigenvalue weighted by molar-refractivity contribution is 4.89. The first-order valence-electron chi connectivity index (χ1n) is 6.28. The van der Waals surface area contributed by atoms with Crippen molar-refractivity contribution in [1.29, 1.82) is 5.26 Å². The normalized spacial score (nSPS) is 20.3. The van der Waals surface area contributed by atoms with Crippen LogP contribution in [0, 0.1) is 23.2 Å². The molecule has 0 bridgehead atoms. The minimum Gasteiger partial charge on any atom is -0.198 e. The molecule has 80 valence electrons. The van der Waals surface area contributed by atoms with Gasteiger partial charge in [-0.2, -0.15) is 5.26 Å². The third kappa shape index (κ3) is 3.70. The predicted octanol–water partition coefficient (Wildman–Crippen LogP) is 4.29. The van der Waals surface area contributed by atoms with Crippen LogP contribution in [0.25, 0.3) is 0 Å². The molecule has 0 spiro atoms. The third-order valence-corrected chi connectivity index (χ3v) is 3.50. The zero-order chi connectivity index (χ0) is 10.2. The second-order valence-electron chi connectivity index (χ2n) is 4.63. The highest BCUT2D eigenvalue weighted by Crippen LogP contribution is 2.32. The molecule has 0 saturated heterocycles. The van der Waals surface area contributed by atoms with E-state index in [1.807, 2.05) is 0 Å². The maximum atomic E-state index is 9.13. The number of nitriles is 1. The molecule has 1 atom stereocenters. The van der Waals surface area contributed by atoms with Crippen LogP contribution in [-0.4, -0.2) is 0 Å². The van der Waals surface area contributed by atoms with Crippen molar-refractivity contribution in [3.05, 3.63) is 0 Å². The van der Waals surface area contributed by atoms with Crippen molar-refractivity contribution in [3.63, 3.8) is 0 Å². The molecule has 0 radical (unpaired) electrons. The Balaban J connectivity index is 2.25. The van der Waals surface area contributed by atoms with Gasteiger partial charge < -0.3 is 0 Å². The first kappa shape index (κ1) is 11.6. The summed E-state index contributed by atoms with van der Waals surface area (Å²) in [5, 5.41) is 9.13. The van der Waals surface area contributed by atoms with Crippen LogP contribution in [0.5, 0.6) is 0 Å². The third-order valence-electron chi connectivity index (χ3n) is 3.50. The van der Waals surface area contributed by atoms with Crippen LogP contribution in [0.2, 0.25) is 0 Å². The van der Waals surface area contributed by atoms with Crippen LogP contribution in [-0.2, 0) is 0 Å². The summed E-state index contributed by atoms with van der Waals surface area (Å²) >= 11 is 0. The largest absolute Gasteiger partial charge is 0.198 e. The molecule has 0 aromatic carbocycles. The fourth-order valence-electron chi connectivity index (χ4n) is 2.56. The van der Waals surface area contributed by atoms with Crippen LogP contribution >= 0.6 is 0 Å². The Morgan fingerprint density at radius 3 is 2.50 bits per heavy atom. The molecule has 1 rings (SSSR count). The SMILES string of the molecule is CCCCCC(C#N)C1CCCCC1. The standard InChI is InChI=1S/C13H23N/c1-2-3-5-10-13(11-14)12-8-6-4-7-9-12/h12-13H,2-10H2,1H3. The lowest BCUT2D eigenvalue weighted by atomic mass is 9.78. The lowest BCUT2D eigenvalue weighted by Crippen LogP contribution is -2.16. The van der Waals surface area contributed by atoms with Gasteiger partial charge in [-0.1, -0.05) is 45.4 Å². The molecular weight excluding hydrogens is 170 g/mol. The van der Waals surface area contributed by atoms with Crippen LogP contribution in [0.1, 0.15) is 64.7 Å².